The van der Waals surface area contributed by atoms with Gasteiger partial charge in [0.1, 0.15) is 5.25 Å². The van der Waals surface area contributed by atoms with Gasteiger partial charge in [-0.3, -0.25) is 4.90 Å². The van der Waals surface area contributed by atoms with Crippen molar-refractivity contribution in [3.8, 4) is 0 Å². The van der Waals surface area contributed by atoms with E-state index in [4.69, 9.17) is 4.74 Å². The van der Waals surface area contributed by atoms with E-state index >= 15 is 0 Å². The van der Waals surface area contributed by atoms with Crippen molar-refractivity contribution in [2.75, 3.05) is 39.4 Å². The molecule has 0 radical (unpaired) electrons. The standard InChI is InChI=1S/C11H20N2O3S/c14-17(15,11-3-7-16-9-11)13-6-5-12-4-1-2-10(12)8-13/h10-11H,1-9H2/t10-,11-/m0/s1. The molecule has 2 atom stereocenters. The number of fused-ring (bicyclic) bond motifs is 1. The van der Waals surface area contributed by atoms with Crippen molar-refractivity contribution in [1.29, 1.82) is 0 Å². The molecular formula is C11H20N2O3S. The molecule has 3 heterocycles. The Labute approximate surface area is 103 Å². The second kappa shape index (κ2) is 4.50. The van der Waals surface area contributed by atoms with Gasteiger partial charge in [-0.05, 0) is 25.8 Å². The highest BCUT2D eigenvalue weighted by molar-refractivity contribution is 7.89. The quantitative estimate of drug-likeness (QED) is 0.695. The van der Waals surface area contributed by atoms with Crippen molar-refractivity contribution in [1.82, 2.24) is 9.21 Å². The lowest BCUT2D eigenvalue weighted by Gasteiger charge is -2.37. The van der Waals surface area contributed by atoms with Gasteiger partial charge >= 0.3 is 0 Å². The Morgan fingerprint density at radius 1 is 1.12 bits per heavy atom. The normalized spacial score (nSPS) is 36.2. The number of ether oxygens (including phenoxy) is 1. The molecule has 0 aromatic heterocycles. The average molecular weight is 260 g/mol. The van der Waals surface area contributed by atoms with E-state index in [-0.39, 0.29) is 5.25 Å². The van der Waals surface area contributed by atoms with Crippen LogP contribution >= 0.6 is 0 Å². The Hall–Kier alpha value is -0.170. The fourth-order valence-electron chi connectivity index (χ4n) is 3.15. The van der Waals surface area contributed by atoms with Crippen molar-refractivity contribution in [2.45, 2.75) is 30.6 Å². The fraction of sp³-hybridized carbons (Fsp3) is 1.00. The summed E-state index contributed by atoms with van der Waals surface area (Å²) in [6.07, 6.45) is 3.02. The molecule has 0 aromatic rings. The predicted octanol–water partition coefficient (Wildman–Crippen LogP) is -0.115. The van der Waals surface area contributed by atoms with Crippen LogP contribution in [0.25, 0.3) is 0 Å². The zero-order valence-corrected chi connectivity index (χ0v) is 10.9. The summed E-state index contributed by atoms with van der Waals surface area (Å²) in [5.41, 5.74) is 0. The van der Waals surface area contributed by atoms with E-state index in [0.717, 1.165) is 19.5 Å². The van der Waals surface area contributed by atoms with E-state index in [1.54, 1.807) is 4.31 Å². The van der Waals surface area contributed by atoms with E-state index in [9.17, 15) is 8.42 Å². The van der Waals surface area contributed by atoms with Gasteiger partial charge in [-0.15, -0.1) is 0 Å². The predicted molar refractivity (Wildman–Crippen MR) is 64.3 cm³/mol. The molecule has 0 aliphatic carbocycles. The Morgan fingerprint density at radius 3 is 2.76 bits per heavy atom. The van der Waals surface area contributed by atoms with Crippen LogP contribution in [-0.4, -0.2) is 68.3 Å². The Morgan fingerprint density at radius 2 is 2.00 bits per heavy atom. The minimum Gasteiger partial charge on any atom is -0.380 e. The minimum atomic E-state index is -3.12. The summed E-state index contributed by atoms with van der Waals surface area (Å²) < 4.78 is 31.7. The second-order valence-electron chi connectivity index (χ2n) is 5.22. The first-order valence-corrected chi connectivity index (χ1v) is 7.99. The lowest BCUT2D eigenvalue weighted by atomic mass is 10.2. The molecule has 5 nitrogen and oxygen atoms in total. The summed E-state index contributed by atoms with van der Waals surface area (Å²) in [6, 6.07) is 0.459. The monoisotopic (exact) mass is 260 g/mol. The highest BCUT2D eigenvalue weighted by atomic mass is 32.2. The zero-order valence-electron chi connectivity index (χ0n) is 10.0. The van der Waals surface area contributed by atoms with Gasteiger partial charge in [0.25, 0.3) is 0 Å². The van der Waals surface area contributed by atoms with Gasteiger partial charge in [0.2, 0.25) is 10.0 Å². The maximum Gasteiger partial charge on any atom is 0.219 e. The van der Waals surface area contributed by atoms with Crippen LogP contribution in [0, 0.1) is 0 Å². The Kier molecular flexibility index (Phi) is 3.15. The molecule has 3 fully saturated rings. The molecule has 0 spiro atoms. The van der Waals surface area contributed by atoms with Gasteiger partial charge < -0.3 is 4.74 Å². The third-order valence-corrected chi connectivity index (χ3v) is 6.48. The molecule has 0 N–H and O–H groups in total. The van der Waals surface area contributed by atoms with Gasteiger partial charge in [0.05, 0.1) is 6.61 Å². The van der Waals surface area contributed by atoms with Crippen LogP contribution in [0.5, 0.6) is 0 Å². The number of sulfonamides is 1. The third kappa shape index (κ3) is 2.12. The maximum atomic E-state index is 12.4. The van der Waals surface area contributed by atoms with Gasteiger partial charge in [0.15, 0.2) is 0 Å². The molecule has 0 aromatic carbocycles. The number of nitrogens with zero attached hydrogens (tertiary/aromatic N) is 2. The van der Waals surface area contributed by atoms with Crippen molar-refractivity contribution in [2.24, 2.45) is 0 Å². The molecule has 0 amide bonds. The topological polar surface area (TPSA) is 49.9 Å². The molecule has 0 bridgehead atoms. The molecule has 0 unspecified atom stereocenters. The molecule has 3 saturated heterocycles. The smallest absolute Gasteiger partial charge is 0.219 e. The number of hydrogen-bond acceptors (Lipinski definition) is 4. The first-order valence-electron chi connectivity index (χ1n) is 6.49. The highest BCUT2D eigenvalue weighted by Gasteiger charge is 2.40. The van der Waals surface area contributed by atoms with Crippen molar-refractivity contribution in [3.63, 3.8) is 0 Å². The molecule has 0 saturated carbocycles. The van der Waals surface area contributed by atoms with Crippen LogP contribution in [-0.2, 0) is 14.8 Å². The summed E-state index contributed by atoms with van der Waals surface area (Å²) in [5, 5.41) is -0.296. The number of hydrogen-bond donors (Lipinski definition) is 0. The summed E-state index contributed by atoms with van der Waals surface area (Å²) in [4.78, 5) is 2.43. The van der Waals surface area contributed by atoms with Crippen molar-refractivity contribution >= 4 is 10.0 Å². The molecule has 98 valence electrons. The van der Waals surface area contributed by atoms with E-state index in [1.807, 2.05) is 0 Å². The fourth-order valence-corrected chi connectivity index (χ4v) is 4.95. The van der Waals surface area contributed by atoms with Gasteiger partial charge in [-0.1, -0.05) is 0 Å². The van der Waals surface area contributed by atoms with Crippen LogP contribution in [0.3, 0.4) is 0 Å². The molecule has 3 rings (SSSR count). The summed E-state index contributed by atoms with van der Waals surface area (Å²) in [7, 11) is -3.12. The number of piperazine rings is 1. The lowest BCUT2D eigenvalue weighted by Crippen LogP contribution is -2.54. The van der Waals surface area contributed by atoms with Crippen LogP contribution in [0.4, 0.5) is 0 Å². The zero-order chi connectivity index (χ0) is 11.9. The molecule has 3 aliphatic heterocycles. The second-order valence-corrected chi connectivity index (χ2v) is 7.43. The van der Waals surface area contributed by atoms with Crippen LogP contribution in [0.1, 0.15) is 19.3 Å². The molecule has 6 heteroatoms. The maximum absolute atomic E-state index is 12.4. The Bertz CT molecular complexity index is 378. The average Bonchev–Trinajstić information content (AvgIpc) is 2.99. The largest absolute Gasteiger partial charge is 0.380 e. The van der Waals surface area contributed by atoms with Crippen LogP contribution in [0.2, 0.25) is 0 Å². The van der Waals surface area contributed by atoms with Crippen molar-refractivity contribution < 1.29 is 13.2 Å². The van der Waals surface area contributed by atoms with E-state index in [2.05, 4.69) is 4.90 Å². The van der Waals surface area contributed by atoms with Crippen LogP contribution in [0.15, 0.2) is 0 Å². The Balaban J connectivity index is 1.71. The number of rotatable bonds is 2. The van der Waals surface area contributed by atoms with E-state index in [0.29, 0.717) is 38.8 Å². The minimum absolute atomic E-state index is 0.296. The molecular weight excluding hydrogens is 240 g/mol. The van der Waals surface area contributed by atoms with E-state index < -0.39 is 10.0 Å². The van der Waals surface area contributed by atoms with Gasteiger partial charge in [-0.2, -0.15) is 4.31 Å². The third-order valence-electron chi connectivity index (χ3n) is 4.22. The van der Waals surface area contributed by atoms with Crippen LogP contribution < -0.4 is 0 Å². The lowest BCUT2D eigenvalue weighted by molar-refractivity contribution is 0.156. The molecule has 17 heavy (non-hydrogen) atoms. The molecule has 3 aliphatic rings. The SMILES string of the molecule is O=S(=O)([C@H]1CCOC1)N1CCN2CCC[C@H]2C1. The first-order chi connectivity index (χ1) is 8.18. The van der Waals surface area contributed by atoms with Gasteiger partial charge in [0, 0.05) is 32.3 Å². The first kappa shape index (κ1) is 11.9. The summed E-state index contributed by atoms with van der Waals surface area (Å²) >= 11 is 0. The van der Waals surface area contributed by atoms with E-state index in [1.165, 1.54) is 6.42 Å². The summed E-state index contributed by atoms with van der Waals surface area (Å²) in [6.45, 7) is 4.37. The van der Waals surface area contributed by atoms with Crippen molar-refractivity contribution in [3.05, 3.63) is 0 Å². The van der Waals surface area contributed by atoms with Gasteiger partial charge in [-0.25, -0.2) is 8.42 Å². The highest BCUT2D eigenvalue weighted by Crippen LogP contribution is 2.26. The summed E-state index contributed by atoms with van der Waals surface area (Å²) in [5.74, 6) is 0.